The van der Waals surface area contributed by atoms with Crippen LogP contribution in [0.3, 0.4) is 0 Å². The Hall–Kier alpha value is -2.07. The topological polar surface area (TPSA) is 134 Å². The molecule has 0 amide bonds. The highest BCUT2D eigenvalue weighted by atomic mass is 32.2. The lowest BCUT2D eigenvalue weighted by atomic mass is 9.89. The molecule has 1 aromatic carbocycles. The highest BCUT2D eigenvalue weighted by Crippen LogP contribution is 2.42. The van der Waals surface area contributed by atoms with Gasteiger partial charge in [-0.05, 0) is 31.4 Å². The minimum Gasteiger partial charge on any atom is -0.502 e. The SMILES string of the molecule is O=[N+]([O-])c1cc(S(=O)(=O)NC2CCCC3(C2)N=N3)ccc1O. The van der Waals surface area contributed by atoms with E-state index in [1.807, 2.05) is 0 Å². The van der Waals surface area contributed by atoms with Gasteiger partial charge in [0.05, 0.1) is 9.82 Å². The van der Waals surface area contributed by atoms with Gasteiger partial charge < -0.3 is 5.11 Å². The highest BCUT2D eigenvalue weighted by Gasteiger charge is 2.45. The molecule has 22 heavy (non-hydrogen) atoms. The predicted octanol–water partition coefficient (Wildman–Crippen LogP) is 1.68. The number of nitro benzene ring substituents is 1. The van der Waals surface area contributed by atoms with E-state index in [1.165, 1.54) is 0 Å². The number of nitrogens with one attached hydrogen (secondary N) is 1. The number of aromatic hydroxyl groups is 1. The van der Waals surface area contributed by atoms with Crippen molar-refractivity contribution < 1.29 is 18.4 Å². The molecule has 118 valence electrons. The summed E-state index contributed by atoms with van der Waals surface area (Å²) < 4.78 is 27.2. The summed E-state index contributed by atoms with van der Waals surface area (Å²) in [4.78, 5) is 9.71. The van der Waals surface area contributed by atoms with E-state index < -0.39 is 32.0 Å². The van der Waals surface area contributed by atoms with Crippen LogP contribution in [0.1, 0.15) is 25.7 Å². The summed E-state index contributed by atoms with van der Waals surface area (Å²) in [5.74, 6) is -0.573. The van der Waals surface area contributed by atoms with Gasteiger partial charge in [-0.15, -0.1) is 0 Å². The summed E-state index contributed by atoms with van der Waals surface area (Å²) >= 11 is 0. The second kappa shape index (κ2) is 4.99. The van der Waals surface area contributed by atoms with Crippen molar-refractivity contribution >= 4 is 15.7 Å². The van der Waals surface area contributed by atoms with Gasteiger partial charge in [0.2, 0.25) is 10.0 Å². The molecular formula is C12H14N4O5S. The standard InChI is InChI=1S/C12H14N4O5S/c17-11-4-3-9(6-10(11)16(18)19)22(20,21)13-8-2-1-5-12(7-8)14-15-12/h3-4,6,8,13,17H,1-2,5,7H2. The molecule has 1 aliphatic heterocycles. The van der Waals surface area contributed by atoms with Crippen LogP contribution in [0.5, 0.6) is 5.75 Å². The molecular weight excluding hydrogens is 312 g/mol. The van der Waals surface area contributed by atoms with Gasteiger partial charge in [0.15, 0.2) is 11.4 Å². The fourth-order valence-corrected chi connectivity index (χ4v) is 3.98. The summed E-state index contributed by atoms with van der Waals surface area (Å²) in [6, 6.07) is 2.68. The number of hydrogen-bond acceptors (Lipinski definition) is 7. The van der Waals surface area contributed by atoms with Crippen LogP contribution >= 0.6 is 0 Å². The summed E-state index contributed by atoms with van der Waals surface area (Å²) in [5, 5.41) is 28.1. The maximum Gasteiger partial charge on any atom is 0.312 e. The average Bonchev–Trinajstić information content (AvgIpc) is 3.17. The third-order valence-corrected chi connectivity index (χ3v) is 5.38. The Kier molecular flexibility index (Phi) is 3.37. The van der Waals surface area contributed by atoms with Crippen LogP contribution in [0.2, 0.25) is 0 Å². The Balaban J connectivity index is 1.80. The van der Waals surface area contributed by atoms with E-state index in [-0.39, 0.29) is 10.9 Å². The fourth-order valence-electron chi connectivity index (χ4n) is 2.69. The number of hydrogen-bond donors (Lipinski definition) is 2. The third kappa shape index (κ3) is 2.79. The Bertz CT molecular complexity index is 755. The van der Waals surface area contributed by atoms with E-state index >= 15 is 0 Å². The summed E-state index contributed by atoms with van der Waals surface area (Å²) in [7, 11) is -3.90. The number of rotatable bonds is 4. The van der Waals surface area contributed by atoms with Gasteiger partial charge in [-0.3, -0.25) is 10.1 Å². The van der Waals surface area contributed by atoms with Gasteiger partial charge in [-0.25, -0.2) is 13.1 Å². The van der Waals surface area contributed by atoms with Gasteiger partial charge in [-0.2, -0.15) is 10.2 Å². The van der Waals surface area contributed by atoms with Gasteiger partial charge in [-0.1, -0.05) is 0 Å². The summed E-state index contributed by atoms with van der Waals surface area (Å²) in [6.07, 6.45) is 2.82. The molecule has 0 saturated heterocycles. The lowest BCUT2D eigenvalue weighted by molar-refractivity contribution is -0.386. The first-order valence-electron chi connectivity index (χ1n) is 6.75. The Morgan fingerprint density at radius 1 is 1.41 bits per heavy atom. The molecule has 0 aromatic heterocycles. The minimum absolute atomic E-state index is 0.249. The molecule has 1 fully saturated rings. The van der Waals surface area contributed by atoms with Crippen LogP contribution in [-0.2, 0) is 10.0 Å². The molecule has 1 saturated carbocycles. The normalized spacial score (nSPS) is 22.6. The lowest BCUT2D eigenvalue weighted by Gasteiger charge is -2.26. The number of nitro groups is 1. The predicted molar refractivity (Wildman–Crippen MR) is 74.9 cm³/mol. The fraction of sp³-hybridized carbons (Fsp3) is 0.500. The number of phenols is 1. The first kappa shape index (κ1) is 14.9. The summed E-state index contributed by atoms with van der Waals surface area (Å²) in [6.45, 7) is 0. The van der Waals surface area contributed by atoms with E-state index in [1.54, 1.807) is 0 Å². The maximum atomic E-state index is 12.3. The molecule has 0 bridgehead atoms. The van der Waals surface area contributed by atoms with Crippen molar-refractivity contribution in [3.63, 3.8) is 0 Å². The molecule has 1 aliphatic carbocycles. The van der Waals surface area contributed by atoms with Gasteiger partial charge in [0, 0.05) is 18.5 Å². The number of sulfonamides is 1. The quantitative estimate of drug-likeness (QED) is 0.641. The molecule has 9 nitrogen and oxygen atoms in total. The zero-order chi connectivity index (χ0) is 16.0. The zero-order valence-electron chi connectivity index (χ0n) is 11.5. The van der Waals surface area contributed by atoms with Crippen molar-refractivity contribution in [3.05, 3.63) is 28.3 Å². The Morgan fingerprint density at radius 3 is 2.77 bits per heavy atom. The smallest absolute Gasteiger partial charge is 0.312 e. The molecule has 1 heterocycles. The molecule has 2 aliphatic rings. The molecule has 3 rings (SSSR count). The van der Waals surface area contributed by atoms with Gasteiger partial charge in [0.1, 0.15) is 0 Å². The van der Waals surface area contributed by atoms with Crippen LogP contribution < -0.4 is 4.72 Å². The highest BCUT2D eigenvalue weighted by molar-refractivity contribution is 7.89. The third-order valence-electron chi connectivity index (χ3n) is 3.86. The van der Waals surface area contributed by atoms with Gasteiger partial charge in [0.25, 0.3) is 0 Å². The zero-order valence-corrected chi connectivity index (χ0v) is 12.3. The second-order valence-electron chi connectivity index (χ2n) is 5.50. The van der Waals surface area contributed by atoms with Crippen LogP contribution in [0, 0.1) is 10.1 Å². The molecule has 1 spiro atoms. The first-order valence-corrected chi connectivity index (χ1v) is 8.23. The van der Waals surface area contributed by atoms with Crippen LogP contribution in [0.25, 0.3) is 0 Å². The van der Waals surface area contributed by atoms with E-state index in [0.717, 1.165) is 31.0 Å². The van der Waals surface area contributed by atoms with Crippen molar-refractivity contribution in [2.75, 3.05) is 0 Å². The molecule has 1 unspecified atom stereocenters. The first-order chi connectivity index (χ1) is 10.3. The average molecular weight is 326 g/mol. The van der Waals surface area contributed by atoms with E-state index in [0.29, 0.717) is 12.8 Å². The lowest BCUT2D eigenvalue weighted by Crippen LogP contribution is -2.40. The minimum atomic E-state index is -3.90. The Morgan fingerprint density at radius 2 is 2.14 bits per heavy atom. The van der Waals surface area contributed by atoms with E-state index in [9.17, 15) is 23.6 Å². The van der Waals surface area contributed by atoms with Crippen LogP contribution in [0.4, 0.5) is 5.69 Å². The maximum absolute atomic E-state index is 12.3. The van der Waals surface area contributed by atoms with Crippen molar-refractivity contribution in [3.8, 4) is 5.75 Å². The molecule has 1 atom stereocenters. The van der Waals surface area contributed by atoms with E-state index in [4.69, 9.17) is 0 Å². The molecule has 2 N–H and O–H groups in total. The Labute approximate surface area is 126 Å². The number of benzene rings is 1. The van der Waals surface area contributed by atoms with Crippen molar-refractivity contribution in [1.29, 1.82) is 0 Å². The largest absolute Gasteiger partial charge is 0.502 e. The van der Waals surface area contributed by atoms with Crippen molar-refractivity contribution in [2.24, 2.45) is 10.2 Å². The molecule has 10 heteroatoms. The monoisotopic (exact) mass is 326 g/mol. The molecule has 1 aromatic rings. The number of nitrogens with zero attached hydrogens (tertiary/aromatic N) is 3. The van der Waals surface area contributed by atoms with Crippen LogP contribution in [0.15, 0.2) is 33.3 Å². The summed E-state index contributed by atoms with van der Waals surface area (Å²) in [5.41, 5.74) is -1.07. The van der Waals surface area contributed by atoms with Gasteiger partial charge >= 0.3 is 5.69 Å². The van der Waals surface area contributed by atoms with Crippen LogP contribution in [-0.4, -0.2) is 30.2 Å². The van der Waals surface area contributed by atoms with E-state index in [2.05, 4.69) is 15.0 Å². The number of phenolic OH excluding ortho intramolecular Hbond substituents is 1. The van der Waals surface area contributed by atoms with Crippen molar-refractivity contribution in [2.45, 2.75) is 42.3 Å². The molecule has 0 radical (unpaired) electrons. The second-order valence-corrected chi connectivity index (χ2v) is 7.22. The van der Waals surface area contributed by atoms with Crippen molar-refractivity contribution in [1.82, 2.24) is 4.72 Å².